The molecule has 0 saturated carbocycles. The molecular formula is C7H6BrF3N2O2. The molecule has 15 heavy (non-hydrogen) atoms. The third-order valence-electron chi connectivity index (χ3n) is 1.46. The van der Waals surface area contributed by atoms with Crippen molar-refractivity contribution >= 4 is 15.9 Å². The predicted molar refractivity (Wildman–Crippen MR) is 49.3 cm³/mol. The van der Waals surface area contributed by atoms with Crippen molar-refractivity contribution in [3.8, 4) is 5.88 Å². The van der Waals surface area contributed by atoms with Crippen LogP contribution in [-0.2, 0) is 6.54 Å². The standard InChI is InChI=1S/C7H6BrF3N2O2/c8-5-3(2-12)1-4(14)13-6(5)15-7(9,10)11/h1H,2,12H2,(H,13,14). The average molecular weight is 287 g/mol. The Morgan fingerprint density at radius 1 is 1.53 bits per heavy atom. The summed E-state index contributed by atoms with van der Waals surface area (Å²) >= 11 is 2.85. The lowest BCUT2D eigenvalue weighted by Crippen LogP contribution is -2.21. The number of alkyl halides is 3. The molecular weight excluding hydrogens is 281 g/mol. The summed E-state index contributed by atoms with van der Waals surface area (Å²) in [5.74, 6) is -0.699. The van der Waals surface area contributed by atoms with E-state index in [4.69, 9.17) is 5.73 Å². The maximum absolute atomic E-state index is 11.9. The first-order valence-electron chi connectivity index (χ1n) is 3.71. The molecule has 0 radical (unpaired) electrons. The van der Waals surface area contributed by atoms with E-state index in [0.29, 0.717) is 0 Å². The van der Waals surface area contributed by atoms with Crippen molar-refractivity contribution in [2.24, 2.45) is 5.73 Å². The van der Waals surface area contributed by atoms with Gasteiger partial charge < -0.3 is 10.5 Å². The zero-order valence-corrected chi connectivity index (χ0v) is 8.78. The third kappa shape index (κ3) is 3.24. The maximum atomic E-state index is 11.9. The zero-order valence-electron chi connectivity index (χ0n) is 7.19. The summed E-state index contributed by atoms with van der Waals surface area (Å²) in [5.41, 5.74) is 4.76. The molecule has 3 N–H and O–H groups in total. The molecule has 1 heterocycles. The van der Waals surface area contributed by atoms with Crippen LogP contribution in [0.15, 0.2) is 15.3 Å². The highest BCUT2D eigenvalue weighted by atomic mass is 79.9. The van der Waals surface area contributed by atoms with Crippen molar-refractivity contribution in [2.75, 3.05) is 0 Å². The van der Waals surface area contributed by atoms with E-state index in [1.807, 2.05) is 4.98 Å². The largest absolute Gasteiger partial charge is 0.574 e. The highest BCUT2D eigenvalue weighted by molar-refractivity contribution is 9.10. The zero-order chi connectivity index (χ0) is 11.6. The molecule has 0 unspecified atom stereocenters. The number of nitrogens with one attached hydrogen (secondary N) is 1. The van der Waals surface area contributed by atoms with Crippen molar-refractivity contribution < 1.29 is 17.9 Å². The number of nitrogens with two attached hydrogens (primary N) is 1. The molecule has 1 aromatic heterocycles. The topological polar surface area (TPSA) is 68.1 Å². The Balaban J connectivity index is 3.18. The van der Waals surface area contributed by atoms with Crippen LogP contribution in [-0.4, -0.2) is 11.3 Å². The second-order valence-electron chi connectivity index (χ2n) is 2.55. The normalized spacial score (nSPS) is 11.5. The summed E-state index contributed by atoms with van der Waals surface area (Å²) in [5, 5.41) is 0. The quantitative estimate of drug-likeness (QED) is 0.866. The number of hydrogen-bond donors (Lipinski definition) is 2. The fraction of sp³-hybridized carbons (Fsp3) is 0.286. The Bertz CT molecular complexity index is 416. The Morgan fingerprint density at radius 3 is 2.60 bits per heavy atom. The fourth-order valence-electron chi connectivity index (χ4n) is 0.905. The van der Waals surface area contributed by atoms with Gasteiger partial charge in [0.05, 0.1) is 4.47 Å². The van der Waals surface area contributed by atoms with Crippen molar-refractivity contribution in [1.82, 2.24) is 4.98 Å². The highest BCUT2D eigenvalue weighted by Crippen LogP contribution is 2.29. The number of halogens is 4. The van der Waals surface area contributed by atoms with Crippen LogP contribution in [0.2, 0.25) is 0 Å². The number of aromatic nitrogens is 1. The van der Waals surface area contributed by atoms with E-state index in [2.05, 4.69) is 20.7 Å². The van der Waals surface area contributed by atoms with E-state index in [9.17, 15) is 18.0 Å². The van der Waals surface area contributed by atoms with E-state index in [1.165, 1.54) is 0 Å². The monoisotopic (exact) mass is 286 g/mol. The average Bonchev–Trinajstić information content (AvgIpc) is 2.08. The van der Waals surface area contributed by atoms with Crippen LogP contribution in [0.1, 0.15) is 5.56 Å². The minimum Gasteiger partial charge on any atom is -0.389 e. The summed E-state index contributed by atoms with van der Waals surface area (Å²) in [7, 11) is 0. The van der Waals surface area contributed by atoms with Gasteiger partial charge in [-0.05, 0) is 21.5 Å². The van der Waals surface area contributed by atoms with Crippen molar-refractivity contribution in [3.63, 3.8) is 0 Å². The lowest BCUT2D eigenvalue weighted by atomic mass is 10.3. The van der Waals surface area contributed by atoms with Gasteiger partial charge in [0.25, 0.3) is 5.56 Å². The van der Waals surface area contributed by atoms with Gasteiger partial charge in [-0.1, -0.05) is 0 Å². The number of ether oxygens (including phenoxy) is 1. The number of hydrogen-bond acceptors (Lipinski definition) is 3. The molecule has 1 aromatic rings. The van der Waals surface area contributed by atoms with E-state index in [-0.39, 0.29) is 16.6 Å². The Labute approximate surface area is 90.4 Å². The minimum absolute atomic E-state index is 0.0121. The van der Waals surface area contributed by atoms with Gasteiger partial charge in [0.2, 0.25) is 5.88 Å². The van der Waals surface area contributed by atoms with Crippen LogP contribution in [0.5, 0.6) is 5.88 Å². The van der Waals surface area contributed by atoms with Gasteiger partial charge in [-0.2, -0.15) is 0 Å². The molecule has 0 amide bonds. The first-order chi connectivity index (χ1) is 6.83. The van der Waals surface area contributed by atoms with Gasteiger partial charge >= 0.3 is 6.36 Å². The molecule has 0 aliphatic heterocycles. The molecule has 84 valence electrons. The smallest absolute Gasteiger partial charge is 0.389 e. The Kier molecular flexibility index (Phi) is 3.40. The Hall–Kier alpha value is -1.02. The third-order valence-corrected chi connectivity index (χ3v) is 2.33. The second kappa shape index (κ2) is 4.23. The van der Waals surface area contributed by atoms with Crippen LogP contribution in [0.3, 0.4) is 0 Å². The van der Waals surface area contributed by atoms with Crippen LogP contribution in [0, 0.1) is 0 Å². The van der Waals surface area contributed by atoms with Crippen LogP contribution >= 0.6 is 15.9 Å². The number of rotatable bonds is 2. The summed E-state index contributed by atoms with van der Waals surface area (Å²) in [6, 6.07) is 1.09. The number of pyridine rings is 1. The molecule has 0 fully saturated rings. The van der Waals surface area contributed by atoms with Gasteiger partial charge in [-0.3, -0.25) is 9.78 Å². The molecule has 0 aliphatic rings. The van der Waals surface area contributed by atoms with Crippen LogP contribution < -0.4 is 16.0 Å². The maximum Gasteiger partial charge on any atom is 0.574 e. The minimum atomic E-state index is -4.86. The first-order valence-corrected chi connectivity index (χ1v) is 4.50. The van der Waals surface area contributed by atoms with Gasteiger partial charge in [-0.25, -0.2) is 0 Å². The van der Waals surface area contributed by atoms with E-state index in [1.54, 1.807) is 0 Å². The molecule has 1 rings (SSSR count). The highest BCUT2D eigenvalue weighted by Gasteiger charge is 2.32. The van der Waals surface area contributed by atoms with E-state index < -0.39 is 17.8 Å². The summed E-state index contributed by atoms with van der Waals surface area (Å²) in [4.78, 5) is 12.8. The first kappa shape index (κ1) is 12.1. The molecule has 0 atom stereocenters. The fourth-order valence-corrected chi connectivity index (χ4v) is 1.36. The summed E-state index contributed by atoms with van der Waals surface area (Å²) in [6.07, 6.45) is -4.86. The molecule has 0 aliphatic carbocycles. The number of aromatic amines is 1. The van der Waals surface area contributed by atoms with Crippen molar-refractivity contribution in [3.05, 3.63) is 26.5 Å². The Morgan fingerprint density at radius 2 is 2.13 bits per heavy atom. The van der Waals surface area contributed by atoms with Gasteiger partial charge in [0.1, 0.15) is 0 Å². The second-order valence-corrected chi connectivity index (χ2v) is 3.35. The van der Waals surface area contributed by atoms with E-state index in [0.717, 1.165) is 6.07 Å². The van der Waals surface area contributed by atoms with Crippen LogP contribution in [0.25, 0.3) is 0 Å². The van der Waals surface area contributed by atoms with Crippen molar-refractivity contribution in [2.45, 2.75) is 12.9 Å². The van der Waals surface area contributed by atoms with Crippen LogP contribution in [0.4, 0.5) is 13.2 Å². The molecule has 4 nitrogen and oxygen atoms in total. The molecule has 0 bridgehead atoms. The lowest BCUT2D eigenvalue weighted by Gasteiger charge is -2.11. The number of H-pyrrole nitrogens is 1. The molecule has 8 heteroatoms. The van der Waals surface area contributed by atoms with E-state index >= 15 is 0 Å². The van der Waals surface area contributed by atoms with Gasteiger partial charge in [-0.15, -0.1) is 13.2 Å². The van der Waals surface area contributed by atoms with Gasteiger partial charge in [0, 0.05) is 12.6 Å². The van der Waals surface area contributed by atoms with Gasteiger partial charge in [0.15, 0.2) is 0 Å². The SMILES string of the molecule is NCc1cc(=O)[nH]c(OC(F)(F)F)c1Br. The van der Waals surface area contributed by atoms with Crippen molar-refractivity contribution in [1.29, 1.82) is 0 Å². The lowest BCUT2D eigenvalue weighted by molar-refractivity contribution is -0.276. The molecule has 0 spiro atoms. The summed E-state index contributed by atoms with van der Waals surface area (Å²) in [6.45, 7) is -0.0707. The summed E-state index contributed by atoms with van der Waals surface area (Å²) < 4.78 is 39.3. The predicted octanol–water partition coefficient (Wildman–Crippen LogP) is 1.49. The molecule has 0 aromatic carbocycles. The molecule has 0 saturated heterocycles.